The first-order chi connectivity index (χ1) is 14.3. The van der Waals surface area contributed by atoms with Crippen molar-refractivity contribution in [1.29, 1.82) is 0 Å². The molecule has 0 spiro atoms. The average Bonchev–Trinajstić information content (AvgIpc) is 3.04. The zero-order chi connectivity index (χ0) is 21.7. The lowest BCUT2D eigenvalue weighted by molar-refractivity contribution is -0.118. The lowest BCUT2D eigenvalue weighted by Crippen LogP contribution is -2.20. The van der Waals surface area contributed by atoms with Crippen LogP contribution in [0.5, 0.6) is 0 Å². The Morgan fingerprint density at radius 2 is 1.90 bits per heavy atom. The molecule has 0 N–H and O–H groups in total. The monoisotopic (exact) mass is 454 g/mol. The van der Waals surface area contributed by atoms with Crippen molar-refractivity contribution in [3.05, 3.63) is 58.9 Å². The Kier molecular flexibility index (Phi) is 7.11. The number of carbonyl (C=O) groups excluding carboxylic acids is 1. The fraction of sp³-hybridized carbons (Fsp3) is 0.300. The van der Waals surface area contributed by atoms with Gasteiger partial charge in [-0.2, -0.15) is 4.99 Å². The van der Waals surface area contributed by atoms with Crippen molar-refractivity contribution in [2.24, 2.45) is 4.99 Å². The van der Waals surface area contributed by atoms with Gasteiger partial charge in [0.15, 0.2) is 14.6 Å². The Balaban J connectivity index is 1.75. The van der Waals surface area contributed by atoms with Crippen LogP contribution in [0, 0.1) is 11.6 Å². The summed E-state index contributed by atoms with van der Waals surface area (Å²) in [5, 5.41) is 0. The summed E-state index contributed by atoms with van der Waals surface area (Å²) in [6.45, 7) is 0.639. The van der Waals surface area contributed by atoms with Gasteiger partial charge in [-0.15, -0.1) is 0 Å². The van der Waals surface area contributed by atoms with Gasteiger partial charge in [0.05, 0.1) is 27.5 Å². The molecule has 10 heteroatoms. The van der Waals surface area contributed by atoms with Crippen LogP contribution in [0.1, 0.15) is 12.8 Å². The number of rotatable bonds is 8. The molecule has 1 heterocycles. The van der Waals surface area contributed by atoms with Gasteiger partial charge < -0.3 is 9.30 Å². The van der Waals surface area contributed by atoms with Crippen molar-refractivity contribution in [2.75, 3.05) is 19.5 Å². The van der Waals surface area contributed by atoms with Gasteiger partial charge in [-0.25, -0.2) is 17.2 Å². The molecule has 0 aliphatic carbocycles. The number of sulfone groups is 1. The highest BCUT2D eigenvalue weighted by Crippen LogP contribution is 2.20. The molecule has 0 saturated heterocycles. The Morgan fingerprint density at radius 1 is 1.17 bits per heavy atom. The predicted molar refractivity (Wildman–Crippen MR) is 110 cm³/mol. The van der Waals surface area contributed by atoms with E-state index in [0.29, 0.717) is 28.2 Å². The molecule has 3 rings (SSSR count). The predicted octanol–water partition coefficient (Wildman–Crippen LogP) is 3.31. The summed E-state index contributed by atoms with van der Waals surface area (Å²) in [6, 6.07) is 9.21. The molecule has 0 fully saturated rings. The lowest BCUT2D eigenvalue weighted by atomic mass is 10.3. The van der Waals surface area contributed by atoms with Gasteiger partial charge >= 0.3 is 0 Å². The number of para-hydroxylation sites is 1. The summed E-state index contributed by atoms with van der Waals surface area (Å²) in [4.78, 5) is 16.7. The number of halogens is 2. The van der Waals surface area contributed by atoms with Crippen molar-refractivity contribution in [3.8, 4) is 0 Å². The number of thiazole rings is 1. The van der Waals surface area contributed by atoms with E-state index < -0.39 is 27.4 Å². The number of aromatic nitrogens is 1. The number of hydrogen-bond donors (Lipinski definition) is 0. The molecule has 0 unspecified atom stereocenters. The second-order valence-electron chi connectivity index (χ2n) is 6.50. The van der Waals surface area contributed by atoms with Crippen LogP contribution >= 0.6 is 11.3 Å². The van der Waals surface area contributed by atoms with Crippen LogP contribution in [0.25, 0.3) is 10.2 Å². The molecule has 160 valence electrons. The highest BCUT2D eigenvalue weighted by molar-refractivity contribution is 7.91. The van der Waals surface area contributed by atoms with Crippen LogP contribution in [0.4, 0.5) is 8.78 Å². The number of ether oxygens (including phenoxy) is 1. The van der Waals surface area contributed by atoms with Gasteiger partial charge in [-0.05, 0) is 42.8 Å². The van der Waals surface area contributed by atoms with E-state index in [1.807, 2.05) is 0 Å². The lowest BCUT2D eigenvalue weighted by Gasteiger charge is -2.05. The summed E-state index contributed by atoms with van der Waals surface area (Å²) < 4.78 is 59.1. The molecule has 0 atom stereocenters. The zero-order valence-corrected chi connectivity index (χ0v) is 17.8. The second kappa shape index (κ2) is 9.59. The SMILES string of the molecule is COCCn1c(=NC(=O)CCCS(=O)(=O)c2ccc(F)cc2)sc2cccc(F)c21. The van der Waals surface area contributed by atoms with E-state index in [2.05, 4.69) is 4.99 Å². The molecular weight excluding hydrogens is 434 g/mol. The van der Waals surface area contributed by atoms with Crippen LogP contribution < -0.4 is 4.80 Å². The van der Waals surface area contributed by atoms with E-state index in [1.165, 1.54) is 36.6 Å². The molecule has 0 saturated carbocycles. The molecule has 0 aliphatic rings. The number of carbonyl (C=O) groups is 1. The molecule has 1 amide bonds. The number of benzene rings is 2. The number of hydrogen-bond acceptors (Lipinski definition) is 5. The minimum atomic E-state index is -3.62. The van der Waals surface area contributed by atoms with Crippen LogP contribution in [0.15, 0.2) is 52.4 Å². The van der Waals surface area contributed by atoms with Crippen molar-refractivity contribution in [1.82, 2.24) is 4.57 Å². The van der Waals surface area contributed by atoms with Gasteiger partial charge in [0.1, 0.15) is 11.6 Å². The third-order valence-electron chi connectivity index (χ3n) is 4.37. The van der Waals surface area contributed by atoms with Gasteiger partial charge in [-0.1, -0.05) is 17.4 Å². The second-order valence-corrected chi connectivity index (χ2v) is 9.62. The third kappa shape index (κ3) is 5.18. The largest absolute Gasteiger partial charge is 0.383 e. The normalized spacial score (nSPS) is 12.6. The Bertz CT molecular complexity index is 1220. The summed E-state index contributed by atoms with van der Waals surface area (Å²) in [5.74, 6) is -1.70. The minimum absolute atomic E-state index is 0.00526. The Morgan fingerprint density at radius 3 is 2.60 bits per heavy atom. The quantitative estimate of drug-likeness (QED) is 0.490. The molecule has 3 aromatic rings. The number of fused-ring (bicyclic) bond motifs is 1. The van der Waals surface area contributed by atoms with Gasteiger partial charge in [0.2, 0.25) is 5.91 Å². The van der Waals surface area contributed by atoms with E-state index in [4.69, 9.17) is 4.74 Å². The topological polar surface area (TPSA) is 77.7 Å². The molecular formula is C20H20F2N2O4S2. The minimum Gasteiger partial charge on any atom is -0.383 e. The summed E-state index contributed by atoms with van der Waals surface area (Å²) in [6.07, 6.45) is -0.0131. The van der Waals surface area contributed by atoms with E-state index >= 15 is 0 Å². The van der Waals surface area contributed by atoms with Gasteiger partial charge in [0, 0.05) is 20.1 Å². The molecule has 0 radical (unpaired) electrons. The maximum Gasteiger partial charge on any atom is 0.248 e. The van der Waals surface area contributed by atoms with Crippen molar-refractivity contribution >= 4 is 37.3 Å². The fourth-order valence-corrected chi connectivity index (χ4v) is 5.30. The molecule has 2 aromatic carbocycles. The van der Waals surface area contributed by atoms with E-state index in [0.717, 1.165) is 12.1 Å². The van der Waals surface area contributed by atoms with E-state index in [1.54, 1.807) is 16.7 Å². The highest BCUT2D eigenvalue weighted by atomic mass is 32.2. The van der Waals surface area contributed by atoms with Crippen molar-refractivity contribution in [3.63, 3.8) is 0 Å². The maximum atomic E-state index is 14.3. The summed E-state index contributed by atoms with van der Waals surface area (Å²) >= 11 is 1.18. The first kappa shape index (κ1) is 22.3. The van der Waals surface area contributed by atoms with E-state index in [9.17, 15) is 22.0 Å². The van der Waals surface area contributed by atoms with Gasteiger partial charge in [-0.3, -0.25) is 4.79 Å². The highest BCUT2D eigenvalue weighted by Gasteiger charge is 2.16. The maximum absolute atomic E-state index is 14.3. The Labute approximate surface area is 176 Å². The summed E-state index contributed by atoms with van der Waals surface area (Å²) in [7, 11) is -2.10. The smallest absolute Gasteiger partial charge is 0.248 e. The third-order valence-corrected chi connectivity index (χ3v) is 7.23. The van der Waals surface area contributed by atoms with Crippen LogP contribution in [-0.4, -0.2) is 38.4 Å². The number of methoxy groups -OCH3 is 1. The summed E-state index contributed by atoms with van der Waals surface area (Å²) in [5.41, 5.74) is 0.352. The van der Waals surface area contributed by atoms with Crippen molar-refractivity contribution in [2.45, 2.75) is 24.3 Å². The first-order valence-corrected chi connectivity index (χ1v) is 11.6. The number of nitrogens with zero attached hydrogens (tertiary/aromatic N) is 2. The van der Waals surface area contributed by atoms with Crippen molar-refractivity contribution < 1.29 is 26.7 Å². The first-order valence-electron chi connectivity index (χ1n) is 9.14. The molecule has 6 nitrogen and oxygen atoms in total. The fourth-order valence-electron chi connectivity index (χ4n) is 2.90. The van der Waals surface area contributed by atoms with E-state index in [-0.39, 0.29) is 23.5 Å². The zero-order valence-electron chi connectivity index (χ0n) is 16.2. The molecule has 0 aliphatic heterocycles. The van der Waals surface area contributed by atoms with Crippen LogP contribution in [-0.2, 0) is 25.9 Å². The van der Waals surface area contributed by atoms with Gasteiger partial charge in [0.25, 0.3) is 0 Å². The molecule has 30 heavy (non-hydrogen) atoms. The molecule has 1 aromatic heterocycles. The number of amides is 1. The Hall–Kier alpha value is -2.43. The molecule has 0 bridgehead atoms. The van der Waals surface area contributed by atoms with Crippen LogP contribution in [0.2, 0.25) is 0 Å². The van der Waals surface area contributed by atoms with Crippen LogP contribution in [0.3, 0.4) is 0 Å². The average molecular weight is 455 g/mol. The standard InChI is InChI=1S/C20H20F2N2O4S2/c1-28-12-11-24-19-16(22)4-2-5-17(19)29-20(24)23-18(25)6-3-13-30(26,27)15-9-7-14(21)8-10-15/h2,4-5,7-10H,3,6,11-13H2,1H3.